The van der Waals surface area contributed by atoms with Crippen LogP contribution in [0.4, 0.5) is 0 Å². The molecule has 0 radical (unpaired) electrons. The molecule has 2 rings (SSSR count). The molecule has 6 nitrogen and oxygen atoms in total. The van der Waals surface area contributed by atoms with Crippen LogP contribution in [0.3, 0.4) is 0 Å². The van der Waals surface area contributed by atoms with E-state index in [0.29, 0.717) is 4.88 Å². The largest absolute Gasteiger partial charge is 0.354 e. The van der Waals surface area contributed by atoms with Gasteiger partial charge in [-0.2, -0.15) is 0 Å². The molecule has 2 amide bonds. The molecule has 0 saturated carbocycles. The number of benzene rings is 1. The van der Waals surface area contributed by atoms with Crippen LogP contribution in [0.2, 0.25) is 0 Å². The number of sulfone groups is 1. The number of nitrogens with zero attached hydrogens (tertiary/aromatic N) is 1. The average molecular weight is 366 g/mol. The Bertz CT molecular complexity index is 787. The van der Waals surface area contributed by atoms with E-state index in [2.05, 4.69) is 5.32 Å². The van der Waals surface area contributed by atoms with E-state index in [-0.39, 0.29) is 29.6 Å². The summed E-state index contributed by atoms with van der Waals surface area (Å²) in [5.41, 5.74) is 0. The Kier molecular flexibility index (Phi) is 6.10. The van der Waals surface area contributed by atoms with E-state index in [1.54, 1.807) is 35.7 Å². The van der Waals surface area contributed by atoms with Crippen molar-refractivity contribution in [3.05, 3.63) is 52.7 Å². The number of likely N-dealkylation sites (N-methyl/N-ethyl adjacent to an activating group) is 1. The Balaban J connectivity index is 1.80. The molecule has 0 aliphatic heterocycles. The summed E-state index contributed by atoms with van der Waals surface area (Å²) in [7, 11) is -1.90. The molecule has 0 unspecified atom stereocenters. The SMILES string of the molecule is CN(CC(=O)NCCS(=O)(=O)c1ccccc1)C(=O)c1cccs1. The summed E-state index contributed by atoms with van der Waals surface area (Å²) in [6.45, 7) is -0.126. The quantitative estimate of drug-likeness (QED) is 0.803. The van der Waals surface area contributed by atoms with Gasteiger partial charge in [0.25, 0.3) is 5.91 Å². The zero-order chi connectivity index (χ0) is 17.6. The summed E-state index contributed by atoms with van der Waals surface area (Å²) >= 11 is 1.30. The Morgan fingerprint density at radius 3 is 2.46 bits per heavy atom. The maximum atomic E-state index is 12.1. The highest BCUT2D eigenvalue weighted by Crippen LogP contribution is 2.11. The van der Waals surface area contributed by atoms with Crippen molar-refractivity contribution in [3.8, 4) is 0 Å². The number of carbonyl (C=O) groups excluding carboxylic acids is 2. The van der Waals surface area contributed by atoms with Gasteiger partial charge in [-0.05, 0) is 23.6 Å². The van der Waals surface area contributed by atoms with Crippen LogP contribution in [0.1, 0.15) is 9.67 Å². The summed E-state index contributed by atoms with van der Waals surface area (Å²) in [4.78, 5) is 26.0. The molecule has 0 fully saturated rings. The Morgan fingerprint density at radius 2 is 1.83 bits per heavy atom. The highest BCUT2D eigenvalue weighted by Gasteiger charge is 2.17. The van der Waals surface area contributed by atoms with Crippen LogP contribution in [0, 0.1) is 0 Å². The fraction of sp³-hybridized carbons (Fsp3) is 0.250. The van der Waals surface area contributed by atoms with Gasteiger partial charge in [-0.1, -0.05) is 24.3 Å². The van der Waals surface area contributed by atoms with E-state index in [0.717, 1.165) is 0 Å². The van der Waals surface area contributed by atoms with Crippen LogP contribution >= 0.6 is 11.3 Å². The predicted molar refractivity (Wildman–Crippen MR) is 92.8 cm³/mol. The molecule has 128 valence electrons. The van der Waals surface area contributed by atoms with E-state index < -0.39 is 15.7 Å². The first-order valence-corrected chi connectivity index (χ1v) is 9.77. The molecule has 1 N–H and O–H groups in total. The van der Waals surface area contributed by atoms with Crippen molar-refractivity contribution >= 4 is 33.0 Å². The lowest BCUT2D eigenvalue weighted by molar-refractivity contribution is -0.121. The summed E-state index contributed by atoms with van der Waals surface area (Å²) in [5.74, 6) is -0.826. The minimum atomic E-state index is -3.43. The van der Waals surface area contributed by atoms with Crippen LogP contribution in [-0.4, -0.2) is 51.0 Å². The minimum Gasteiger partial charge on any atom is -0.354 e. The van der Waals surface area contributed by atoms with E-state index in [1.165, 1.54) is 35.4 Å². The van der Waals surface area contributed by atoms with Gasteiger partial charge < -0.3 is 10.2 Å². The molecule has 0 aliphatic carbocycles. The topological polar surface area (TPSA) is 83.6 Å². The van der Waals surface area contributed by atoms with Crippen LogP contribution in [-0.2, 0) is 14.6 Å². The number of nitrogens with one attached hydrogen (secondary N) is 1. The first kappa shape index (κ1) is 18.2. The second-order valence-corrected chi connectivity index (χ2v) is 8.18. The maximum Gasteiger partial charge on any atom is 0.264 e. The fourth-order valence-corrected chi connectivity index (χ4v) is 3.90. The lowest BCUT2D eigenvalue weighted by atomic mass is 10.4. The maximum absolute atomic E-state index is 12.1. The first-order chi connectivity index (χ1) is 11.4. The molecule has 8 heteroatoms. The van der Waals surface area contributed by atoms with Gasteiger partial charge in [-0.15, -0.1) is 11.3 Å². The molecular weight excluding hydrogens is 348 g/mol. The zero-order valence-electron chi connectivity index (χ0n) is 13.1. The molecule has 0 bridgehead atoms. The second-order valence-electron chi connectivity index (χ2n) is 5.12. The average Bonchev–Trinajstić information content (AvgIpc) is 3.09. The number of rotatable bonds is 7. The van der Waals surface area contributed by atoms with Gasteiger partial charge in [0.1, 0.15) is 0 Å². The van der Waals surface area contributed by atoms with Crippen molar-refractivity contribution in [2.75, 3.05) is 25.9 Å². The van der Waals surface area contributed by atoms with Gasteiger partial charge in [0.2, 0.25) is 5.91 Å². The lowest BCUT2D eigenvalue weighted by Crippen LogP contribution is -2.39. The van der Waals surface area contributed by atoms with Gasteiger partial charge in [0, 0.05) is 13.6 Å². The third kappa shape index (κ3) is 4.90. The first-order valence-electron chi connectivity index (χ1n) is 7.23. The molecule has 0 spiro atoms. The molecule has 24 heavy (non-hydrogen) atoms. The predicted octanol–water partition coefficient (Wildman–Crippen LogP) is 1.41. The van der Waals surface area contributed by atoms with Crippen molar-refractivity contribution in [1.29, 1.82) is 0 Å². The van der Waals surface area contributed by atoms with Gasteiger partial charge in [-0.3, -0.25) is 9.59 Å². The van der Waals surface area contributed by atoms with Gasteiger partial charge in [0.05, 0.1) is 22.1 Å². The lowest BCUT2D eigenvalue weighted by Gasteiger charge is -2.15. The third-order valence-corrected chi connectivity index (χ3v) is 5.84. The molecule has 0 atom stereocenters. The molecule has 1 aromatic heterocycles. The third-order valence-electron chi connectivity index (χ3n) is 3.25. The van der Waals surface area contributed by atoms with Crippen LogP contribution in [0.5, 0.6) is 0 Å². The van der Waals surface area contributed by atoms with E-state index in [4.69, 9.17) is 0 Å². The molecule has 0 aliphatic rings. The van der Waals surface area contributed by atoms with Gasteiger partial charge in [-0.25, -0.2) is 8.42 Å². The van der Waals surface area contributed by atoms with E-state index in [9.17, 15) is 18.0 Å². The van der Waals surface area contributed by atoms with Gasteiger partial charge >= 0.3 is 0 Å². The van der Waals surface area contributed by atoms with Crippen molar-refractivity contribution in [1.82, 2.24) is 10.2 Å². The van der Waals surface area contributed by atoms with Crippen LogP contribution < -0.4 is 5.32 Å². The smallest absolute Gasteiger partial charge is 0.264 e. The molecule has 0 saturated heterocycles. The van der Waals surface area contributed by atoms with E-state index in [1.807, 2.05) is 0 Å². The van der Waals surface area contributed by atoms with Crippen LogP contribution in [0.25, 0.3) is 0 Å². The van der Waals surface area contributed by atoms with Crippen molar-refractivity contribution in [3.63, 3.8) is 0 Å². The number of carbonyl (C=O) groups is 2. The number of hydrogen-bond donors (Lipinski definition) is 1. The zero-order valence-corrected chi connectivity index (χ0v) is 14.8. The summed E-state index contributed by atoms with van der Waals surface area (Å²) in [5, 5.41) is 4.32. The fourth-order valence-electron chi connectivity index (χ4n) is 2.00. The monoisotopic (exact) mass is 366 g/mol. The highest BCUT2D eigenvalue weighted by molar-refractivity contribution is 7.91. The summed E-state index contributed by atoms with van der Waals surface area (Å²) in [6, 6.07) is 11.5. The Labute approximate surface area is 145 Å². The number of thiophene rings is 1. The van der Waals surface area contributed by atoms with Crippen molar-refractivity contribution in [2.45, 2.75) is 4.90 Å². The Morgan fingerprint density at radius 1 is 1.12 bits per heavy atom. The highest BCUT2D eigenvalue weighted by atomic mass is 32.2. The molecule has 2 aromatic rings. The number of amides is 2. The number of hydrogen-bond acceptors (Lipinski definition) is 5. The van der Waals surface area contributed by atoms with E-state index >= 15 is 0 Å². The molecule has 1 aromatic carbocycles. The van der Waals surface area contributed by atoms with Crippen molar-refractivity contribution < 1.29 is 18.0 Å². The molecular formula is C16H18N2O4S2. The second kappa shape index (κ2) is 8.07. The normalized spacial score (nSPS) is 11.0. The Hall–Kier alpha value is -2.19. The van der Waals surface area contributed by atoms with Gasteiger partial charge in [0.15, 0.2) is 9.84 Å². The molecule has 1 heterocycles. The standard InChI is InChI=1S/C16H18N2O4S2/c1-18(16(20)14-8-5-10-23-14)12-15(19)17-9-11-24(21,22)13-6-3-2-4-7-13/h2-8,10H,9,11-12H2,1H3,(H,17,19). The minimum absolute atomic E-state index is 0.00288. The van der Waals surface area contributed by atoms with Crippen molar-refractivity contribution in [2.24, 2.45) is 0 Å². The summed E-state index contributed by atoms with van der Waals surface area (Å²) in [6.07, 6.45) is 0. The summed E-state index contributed by atoms with van der Waals surface area (Å²) < 4.78 is 24.2. The van der Waals surface area contributed by atoms with Crippen LogP contribution in [0.15, 0.2) is 52.7 Å².